The van der Waals surface area contributed by atoms with Crippen LogP contribution in [-0.4, -0.2) is 26.6 Å². The molecule has 22 heavy (non-hydrogen) atoms. The van der Waals surface area contributed by atoms with E-state index in [1.165, 1.54) is 13.3 Å². The normalized spacial score (nSPS) is 11.9. The third kappa shape index (κ3) is 2.26. The van der Waals surface area contributed by atoms with Gasteiger partial charge in [0.25, 0.3) is 0 Å². The van der Waals surface area contributed by atoms with Gasteiger partial charge in [0.2, 0.25) is 0 Å². The molecule has 3 aromatic heterocycles. The highest BCUT2D eigenvalue weighted by atomic mass is 19.4. The van der Waals surface area contributed by atoms with Crippen LogP contribution in [0.2, 0.25) is 0 Å². The summed E-state index contributed by atoms with van der Waals surface area (Å²) in [5.74, 6) is 0.943. The molecule has 0 bridgehead atoms. The van der Waals surface area contributed by atoms with Gasteiger partial charge in [-0.05, 0) is 12.1 Å². The Balaban J connectivity index is 2.22. The minimum atomic E-state index is -4.45. The number of fused-ring (bicyclic) bond motifs is 1. The monoisotopic (exact) mass is 308 g/mol. The molecule has 3 rings (SSSR count). The molecule has 0 saturated heterocycles. The van der Waals surface area contributed by atoms with Crippen molar-refractivity contribution in [3.8, 4) is 17.1 Å². The molecule has 0 radical (unpaired) electrons. The van der Waals surface area contributed by atoms with E-state index in [0.717, 1.165) is 12.3 Å². The summed E-state index contributed by atoms with van der Waals surface area (Å²) in [6.45, 7) is 0. The van der Waals surface area contributed by atoms with Gasteiger partial charge in [0.1, 0.15) is 17.1 Å². The van der Waals surface area contributed by atoms with E-state index >= 15 is 0 Å². The van der Waals surface area contributed by atoms with Gasteiger partial charge < -0.3 is 9.30 Å². The number of aryl methyl sites for hydroxylation is 1. The average Bonchev–Trinajstić information content (AvgIpc) is 2.83. The second-order valence-electron chi connectivity index (χ2n) is 4.63. The summed E-state index contributed by atoms with van der Waals surface area (Å²) in [4.78, 5) is 12.1. The molecule has 0 aliphatic carbocycles. The molecule has 5 nitrogen and oxygen atoms in total. The second kappa shape index (κ2) is 4.97. The SMILES string of the molecule is COc1cnccc1-c1nc2cc(C(F)(F)F)cnc2n1C. The van der Waals surface area contributed by atoms with Crippen LogP contribution in [0.25, 0.3) is 22.6 Å². The Labute approximate surface area is 123 Å². The van der Waals surface area contributed by atoms with Crippen LogP contribution in [0.1, 0.15) is 5.56 Å². The number of imidazole rings is 1. The molecular weight excluding hydrogens is 297 g/mol. The minimum Gasteiger partial charge on any atom is -0.494 e. The Kier molecular flexibility index (Phi) is 3.23. The molecule has 0 saturated carbocycles. The molecule has 0 amide bonds. The smallest absolute Gasteiger partial charge is 0.417 e. The molecule has 0 atom stereocenters. The van der Waals surface area contributed by atoms with E-state index in [4.69, 9.17) is 4.74 Å². The van der Waals surface area contributed by atoms with E-state index in [2.05, 4.69) is 15.0 Å². The van der Waals surface area contributed by atoms with Gasteiger partial charge in [0.05, 0.1) is 24.4 Å². The Morgan fingerprint density at radius 1 is 1.23 bits per heavy atom. The highest BCUT2D eigenvalue weighted by molar-refractivity contribution is 5.79. The molecule has 0 spiro atoms. The lowest BCUT2D eigenvalue weighted by atomic mass is 10.2. The van der Waals surface area contributed by atoms with Gasteiger partial charge in [-0.3, -0.25) is 4.98 Å². The summed E-state index contributed by atoms with van der Waals surface area (Å²) in [5, 5.41) is 0. The van der Waals surface area contributed by atoms with E-state index in [1.54, 1.807) is 23.9 Å². The maximum Gasteiger partial charge on any atom is 0.417 e. The Bertz CT molecular complexity index is 842. The van der Waals surface area contributed by atoms with Crippen LogP contribution in [-0.2, 0) is 13.2 Å². The first-order valence-corrected chi connectivity index (χ1v) is 6.30. The first-order valence-electron chi connectivity index (χ1n) is 6.30. The van der Waals surface area contributed by atoms with Crippen LogP contribution in [0.4, 0.5) is 13.2 Å². The lowest BCUT2D eigenvalue weighted by Crippen LogP contribution is -2.05. The van der Waals surface area contributed by atoms with Gasteiger partial charge in [-0.15, -0.1) is 0 Å². The van der Waals surface area contributed by atoms with Crippen molar-refractivity contribution >= 4 is 11.2 Å². The molecule has 3 heterocycles. The fourth-order valence-electron chi connectivity index (χ4n) is 2.20. The van der Waals surface area contributed by atoms with Crippen LogP contribution < -0.4 is 4.74 Å². The summed E-state index contributed by atoms with van der Waals surface area (Å²) in [6.07, 6.45) is -0.570. The molecule has 0 unspecified atom stereocenters. The van der Waals surface area contributed by atoms with E-state index in [-0.39, 0.29) is 5.52 Å². The minimum absolute atomic E-state index is 0.172. The van der Waals surface area contributed by atoms with Crippen LogP contribution >= 0.6 is 0 Å². The molecular formula is C14H11F3N4O. The molecule has 0 fully saturated rings. The van der Waals surface area contributed by atoms with Crippen molar-refractivity contribution in [3.05, 3.63) is 36.3 Å². The largest absolute Gasteiger partial charge is 0.494 e. The lowest BCUT2D eigenvalue weighted by molar-refractivity contribution is -0.137. The number of hydrogen-bond acceptors (Lipinski definition) is 4. The van der Waals surface area contributed by atoms with Crippen LogP contribution in [0, 0.1) is 0 Å². The first-order chi connectivity index (χ1) is 10.4. The number of hydrogen-bond donors (Lipinski definition) is 0. The molecule has 3 aromatic rings. The number of pyridine rings is 2. The molecule has 8 heteroatoms. The number of ether oxygens (including phenoxy) is 1. The second-order valence-corrected chi connectivity index (χ2v) is 4.63. The fraction of sp³-hybridized carbons (Fsp3) is 0.214. The quantitative estimate of drug-likeness (QED) is 0.730. The number of methoxy groups -OCH3 is 1. The topological polar surface area (TPSA) is 52.8 Å². The van der Waals surface area contributed by atoms with Gasteiger partial charge in [-0.2, -0.15) is 13.2 Å². The first kappa shape index (κ1) is 14.3. The van der Waals surface area contributed by atoms with Gasteiger partial charge >= 0.3 is 6.18 Å². The van der Waals surface area contributed by atoms with Crippen LogP contribution in [0.5, 0.6) is 5.75 Å². The molecule has 0 aromatic carbocycles. The Morgan fingerprint density at radius 3 is 2.68 bits per heavy atom. The zero-order chi connectivity index (χ0) is 15.9. The van der Waals surface area contributed by atoms with Crippen molar-refractivity contribution in [2.24, 2.45) is 7.05 Å². The van der Waals surface area contributed by atoms with E-state index < -0.39 is 11.7 Å². The van der Waals surface area contributed by atoms with Crippen molar-refractivity contribution in [1.82, 2.24) is 19.5 Å². The van der Waals surface area contributed by atoms with Crippen LogP contribution in [0.3, 0.4) is 0 Å². The zero-order valence-electron chi connectivity index (χ0n) is 11.7. The third-order valence-corrected chi connectivity index (χ3v) is 3.28. The predicted octanol–water partition coefficient (Wildman–Crippen LogP) is 3.06. The summed E-state index contributed by atoms with van der Waals surface area (Å²) < 4.78 is 45.1. The van der Waals surface area contributed by atoms with Crippen molar-refractivity contribution in [1.29, 1.82) is 0 Å². The van der Waals surface area contributed by atoms with Gasteiger partial charge in [-0.1, -0.05) is 0 Å². The fourth-order valence-corrected chi connectivity index (χ4v) is 2.20. The number of nitrogens with zero attached hydrogens (tertiary/aromatic N) is 4. The number of aromatic nitrogens is 4. The highest BCUT2D eigenvalue weighted by Crippen LogP contribution is 2.33. The van der Waals surface area contributed by atoms with Crippen molar-refractivity contribution in [2.45, 2.75) is 6.18 Å². The van der Waals surface area contributed by atoms with E-state index in [9.17, 15) is 13.2 Å². The maximum absolute atomic E-state index is 12.8. The van der Waals surface area contributed by atoms with Crippen molar-refractivity contribution < 1.29 is 17.9 Å². The summed E-state index contributed by atoms with van der Waals surface area (Å²) in [5.41, 5.74) is 0.339. The molecule has 0 aliphatic rings. The predicted molar refractivity (Wildman–Crippen MR) is 73.3 cm³/mol. The summed E-state index contributed by atoms with van der Waals surface area (Å²) >= 11 is 0. The van der Waals surface area contributed by atoms with Crippen molar-refractivity contribution in [2.75, 3.05) is 7.11 Å². The zero-order valence-corrected chi connectivity index (χ0v) is 11.7. The Hall–Kier alpha value is -2.64. The van der Waals surface area contributed by atoms with E-state index in [1.807, 2.05) is 0 Å². The average molecular weight is 308 g/mol. The highest BCUT2D eigenvalue weighted by Gasteiger charge is 2.31. The van der Waals surface area contributed by atoms with Crippen LogP contribution in [0.15, 0.2) is 30.7 Å². The lowest BCUT2D eigenvalue weighted by Gasteiger charge is -2.07. The van der Waals surface area contributed by atoms with Gasteiger partial charge in [0, 0.05) is 19.4 Å². The molecule has 0 aliphatic heterocycles. The van der Waals surface area contributed by atoms with E-state index in [0.29, 0.717) is 22.8 Å². The number of alkyl halides is 3. The Morgan fingerprint density at radius 2 is 2.00 bits per heavy atom. The molecule has 114 valence electrons. The third-order valence-electron chi connectivity index (χ3n) is 3.28. The number of rotatable bonds is 2. The van der Waals surface area contributed by atoms with Gasteiger partial charge in [-0.25, -0.2) is 9.97 Å². The number of halogens is 3. The maximum atomic E-state index is 12.8. The standard InChI is InChI=1S/C14H11F3N4O/c1-21-12(9-3-4-18-7-11(9)22-2)20-10-5-8(14(15,16)17)6-19-13(10)21/h3-7H,1-2H3. The van der Waals surface area contributed by atoms with Crippen molar-refractivity contribution in [3.63, 3.8) is 0 Å². The molecule has 0 N–H and O–H groups in total. The summed E-state index contributed by atoms with van der Waals surface area (Å²) in [6, 6.07) is 2.67. The summed E-state index contributed by atoms with van der Waals surface area (Å²) in [7, 11) is 3.17. The van der Waals surface area contributed by atoms with Gasteiger partial charge in [0.15, 0.2) is 5.65 Å².